The minimum absolute atomic E-state index is 0.711. The molecule has 4 nitrogen and oxygen atoms in total. The summed E-state index contributed by atoms with van der Waals surface area (Å²) in [4.78, 5) is 4.82. The van der Waals surface area contributed by atoms with Crippen LogP contribution in [0.25, 0.3) is 0 Å². The minimum Gasteiger partial charge on any atom is -0.492 e. The van der Waals surface area contributed by atoms with Crippen LogP contribution in [0.15, 0.2) is 18.2 Å². The summed E-state index contributed by atoms with van der Waals surface area (Å²) in [5.41, 5.74) is 1.05. The zero-order valence-corrected chi connectivity index (χ0v) is 13.8. The Morgan fingerprint density at radius 2 is 2.00 bits per heavy atom. The number of ether oxygens (including phenoxy) is 1. The Morgan fingerprint density at radius 3 is 2.71 bits per heavy atom. The second-order valence-corrected chi connectivity index (χ2v) is 5.90. The second-order valence-electron chi connectivity index (χ2n) is 5.49. The van der Waals surface area contributed by atoms with Gasteiger partial charge < -0.3 is 15.0 Å². The normalized spacial score (nSPS) is 17.1. The van der Waals surface area contributed by atoms with E-state index in [0.717, 1.165) is 62.1 Å². The van der Waals surface area contributed by atoms with E-state index < -0.39 is 0 Å². The Balaban J connectivity index is 1.83. The molecule has 5 heteroatoms. The van der Waals surface area contributed by atoms with Gasteiger partial charge in [0.1, 0.15) is 12.4 Å². The molecule has 0 radical (unpaired) electrons. The summed E-state index contributed by atoms with van der Waals surface area (Å²) in [6.45, 7) is 9.98. The maximum atomic E-state index is 6.27. The summed E-state index contributed by atoms with van der Waals surface area (Å²) >= 11 is 6.27. The number of benzene rings is 1. The van der Waals surface area contributed by atoms with E-state index in [1.165, 1.54) is 0 Å². The van der Waals surface area contributed by atoms with Crippen molar-refractivity contribution in [2.45, 2.75) is 13.5 Å². The van der Waals surface area contributed by atoms with Crippen molar-refractivity contribution >= 4 is 11.6 Å². The van der Waals surface area contributed by atoms with Crippen LogP contribution in [0.5, 0.6) is 5.75 Å². The van der Waals surface area contributed by atoms with Gasteiger partial charge in [0.2, 0.25) is 0 Å². The Hall–Kier alpha value is -0.810. The summed E-state index contributed by atoms with van der Waals surface area (Å²) in [5.74, 6) is 0.901. The fourth-order valence-corrected chi connectivity index (χ4v) is 2.68. The van der Waals surface area contributed by atoms with E-state index in [9.17, 15) is 0 Å². The van der Waals surface area contributed by atoms with Crippen LogP contribution in [0.1, 0.15) is 12.5 Å². The highest BCUT2D eigenvalue weighted by Crippen LogP contribution is 2.26. The monoisotopic (exact) mass is 311 g/mol. The third kappa shape index (κ3) is 5.15. The molecule has 1 fully saturated rings. The van der Waals surface area contributed by atoms with Crippen LogP contribution in [-0.2, 0) is 6.54 Å². The van der Waals surface area contributed by atoms with Crippen LogP contribution in [0, 0.1) is 0 Å². The molecule has 0 unspecified atom stereocenters. The first-order valence-corrected chi connectivity index (χ1v) is 8.10. The van der Waals surface area contributed by atoms with E-state index in [2.05, 4.69) is 29.1 Å². The number of hydrogen-bond donors (Lipinski definition) is 1. The zero-order chi connectivity index (χ0) is 15.1. The van der Waals surface area contributed by atoms with Gasteiger partial charge in [-0.15, -0.1) is 0 Å². The lowest BCUT2D eigenvalue weighted by molar-refractivity contribution is 0.133. The van der Waals surface area contributed by atoms with Gasteiger partial charge in [0.25, 0.3) is 0 Å². The fourth-order valence-electron chi connectivity index (χ4n) is 2.45. The molecule has 1 saturated heterocycles. The standard InChI is InChI=1S/C16H26ClN3O/c1-3-18-13-14-15(17)5-4-6-16(14)21-12-11-20-9-7-19(2)8-10-20/h4-6,18H,3,7-13H2,1-2H3. The molecule has 118 valence electrons. The summed E-state index contributed by atoms with van der Waals surface area (Å²) in [5, 5.41) is 4.08. The van der Waals surface area contributed by atoms with Crippen molar-refractivity contribution < 1.29 is 4.74 Å². The number of piperazine rings is 1. The lowest BCUT2D eigenvalue weighted by atomic mass is 10.2. The molecule has 1 heterocycles. The van der Waals surface area contributed by atoms with E-state index in [1.807, 2.05) is 18.2 Å². The summed E-state index contributed by atoms with van der Waals surface area (Å²) in [6, 6.07) is 5.87. The third-order valence-corrected chi connectivity index (χ3v) is 4.24. The number of nitrogens with one attached hydrogen (secondary N) is 1. The van der Waals surface area contributed by atoms with Crippen molar-refractivity contribution in [2.75, 3.05) is 52.9 Å². The van der Waals surface area contributed by atoms with E-state index in [4.69, 9.17) is 16.3 Å². The molecular weight excluding hydrogens is 286 g/mol. The van der Waals surface area contributed by atoms with Crippen molar-refractivity contribution in [1.29, 1.82) is 0 Å². The smallest absolute Gasteiger partial charge is 0.125 e. The van der Waals surface area contributed by atoms with Gasteiger partial charge in [-0.1, -0.05) is 24.6 Å². The molecule has 0 aliphatic carbocycles. The van der Waals surface area contributed by atoms with Crippen molar-refractivity contribution in [3.05, 3.63) is 28.8 Å². The Labute approximate surface area is 133 Å². The predicted octanol–water partition coefficient (Wildman–Crippen LogP) is 2.08. The fraction of sp³-hybridized carbons (Fsp3) is 0.625. The Morgan fingerprint density at radius 1 is 1.24 bits per heavy atom. The Bertz CT molecular complexity index is 434. The van der Waals surface area contributed by atoms with Crippen LogP contribution in [-0.4, -0.2) is 62.7 Å². The molecule has 1 aliphatic heterocycles. The SMILES string of the molecule is CCNCc1c(Cl)cccc1OCCN1CCN(C)CC1. The first-order chi connectivity index (χ1) is 10.2. The number of nitrogens with zero attached hydrogens (tertiary/aromatic N) is 2. The molecule has 2 rings (SSSR count). The van der Waals surface area contributed by atoms with Crippen molar-refractivity contribution in [1.82, 2.24) is 15.1 Å². The summed E-state index contributed by atoms with van der Waals surface area (Å²) in [7, 11) is 2.17. The molecule has 0 bridgehead atoms. The summed E-state index contributed by atoms with van der Waals surface area (Å²) in [6.07, 6.45) is 0. The predicted molar refractivity (Wildman–Crippen MR) is 88.3 cm³/mol. The van der Waals surface area contributed by atoms with E-state index in [0.29, 0.717) is 6.61 Å². The number of rotatable bonds is 7. The third-order valence-electron chi connectivity index (χ3n) is 3.89. The molecular formula is C16H26ClN3O. The molecule has 0 amide bonds. The second kappa shape index (κ2) is 8.59. The lowest BCUT2D eigenvalue weighted by Crippen LogP contribution is -2.45. The number of likely N-dealkylation sites (N-methyl/N-ethyl adjacent to an activating group) is 1. The van der Waals surface area contributed by atoms with Gasteiger partial charge in [-0.25, -0.2) is 0 Å². The zero-order valence-electron chi connectivity index (χ0n) is 13.1. The topological polar surface area (TPSA) is 27.7 Å². The maximum Gasteiger partial charge on any atom is 0.125 e. The average molecular weight is 312 g/mol. The molecule has 0 aromatic heterocycles. The molecule has 0 saturated carbocycles. The van der Waals surface area contributed by atoms with Crippen LogP contribution >= 0.6 is 11.6 Å². The van der Waals surface area contributed by atoms with Crippen LogP contribution in [0.4, 0.5) is 0 Å². The van der Waals surface area contributed by atoms with Gasteiger partial charge in [-0.2, -0.15) is 0 Å². The van der Waals surface area contributed by atoms with Crippen molar-refractivity contribution in [2.24, 2.45) is 0 Å². The van der Waals surface area contributed by atoms with Crippen molar-refractivity contribution in [3.8, 4) is 5.75 Å². The van der Waals surface area contributed by atoms with Crippen LogP contribution in [0.2, 0.25) is 5.02 Å². The Kier molecular flexibility index (Phi) is 6.77. The molecule has 1 aliphatic rings. The summed E-state index contributed by atoms with van der Waals surface area (Å²) < 4.78 is 5.96. The largest absolute Gasteiger partial charge is 0.492 e. The van der Waals surface area contributed by atoms with Gasteiger partial charge in [-0.05, 0) is 25.7 Å². The van der Waals surface area contributed by atoms with Crippen LogP contribution in [0.3, 0.4) is 0 Å². The molecule has 0 atom stereocenters. The van der Waals surface area contributed by atoms with Gasteiger partial charge in [0, 0.05) is 49.9 Å². The highest BCUT2D eigenvalue weighted by atomic mass is 35.5. The van der Waals surface area contributed by atoms with E-state index >= 15 is 0 Å². The molecule has 1 N–H and O–H groups in total. The first-order valence-electron chi connectivity index (χ1n) is 7.72. The van der Waals surface area contributed by atoms with Gasteiger partial charge in [0.05, 0.1) is 0 Å². The van der Waals surface area contributed by atoms with Gasteiger partial charge >= 0.3 is 0 Å². The average Bonchev–Trinajstić information content (AvgIpc) is 2.49. The molecule has 21 heavy (non-hydrogen) atoms. The van der Waals surface area contributed by atoms with E-state index in [1.54, 1.807) is 0 Å². The number of halogens is 1. The highest BCUT2D eigenvalue weighted by molar-refractivity contribution is 6.31. The molecule has 1 aromatic carbocycles. The molecule has 0 spiro atoms. The quantitative estimate of drug-likeness (QED) is 0.834. The van der Waals surface area contributed by atoms with Crippen LogP contribution < -0.4 is 10.1 Å². The van der Waals surface area contributed by atoms with E-state index in [-0.39, 0.29) is 0 Å². The first kappa shape index (κ1) is 16.6. The van der Waals surface area contributed by atoms with Crippen molar-refractivity contribution in [3.63, 3.8) is 0 Å². The lowest BCUT2D eigenvalue weighted by Gasteiger charge is -2.32. The molecule has 1 aromatic rings. The highest BCUT2D eigenvalue weighted by Gasteiger charge is 2.14. The minimum atomic E-state index is 0.711. The number of hydrogen-bond acceptors (Lipinski definition) is 4. The van der Waals surface area contributed by atoms with Gasteiger partial charge in [-0.3, -0.25) is 4.90 Å². The van der Waals surface area contributed by atoms with Gasteiger partial charge in [0.15, 0.2) is 0 Å². The maximum absolute atomic E-state index is 6.27.